The molecule has 120 valence electrons. The van der Waals surface area contributed by atoms with Gasteiger partial charge in [0.2, 0.25) is 0 Å². The number of hydrogen-bond acceptors (Lipinski definition) is 4. The van der Waals surface area contributed by atoms with Crippen LogP contribution in [0.4, 0.5) is 5.82 Å². The van der Waals surface area contributed by atoms with Crippen molar-refractivity contribution in [1.82, 2.24) is 19.6 Å². The Hall–Kier alpha value is -2.86. The second-order valence-corrected chi connectivity index (χ2v) is 6.02. The molecular weight excluding hydrogens is 332 g/mol. The van der Waals surface area contributed by atoms with Crippen molar-refractivity contribution in [2.45, 2.75) is 6.54 Å². The minimum absolute atomic E-state index is 0.528. The summed E-state index contributed by atoms with van der Waals surface area (Å²) in [6.45, 7) is 0.618. The van der Waals surface area contributed by atoms with Crippen LogP contribution in [-0.2, 0) is 6.54 Å². The first kappa shape index (κ1) is 15.7. The average molecular weight is 346 g/mol. The molecule has 3 heterocycles. The second-order valence-electron chi connectivity index (χ2n) is 5.58. The van der Waals surface area contributed by atoms with Crippen LogP contribution in [0, 0.1) is 0 Å². The maximum atomic E-state index is 6.02. The van der Waals surface area contributed by atoms with Crippen molar-refractivity contribution in [3.63, 3.8) is 0 Å². The molecule has 5 nitrogen and oxygen atoms in total. The van der Waals surface area contributed by atoms with E-state index in [9.17, 15) is 0 Å². The monoisotopic (exact) mass is 345 g/mol. The summed E-state index contributed by atoms with van der Waals surface area (Å²) in [4.78, 5) is 8.76. The molecule has 0 amide bonds. The molecule has 0 unspecified atom stereocenters. The van der Waals surface area contributed by atoms with Crippen molar-refractivity contribution < 1.29 is 0 Å². The Kier molecular flexibility index (Phi) is 4.11. The minimum atomic E-state index is 0.528. The highest BCUT2D eigenvalue weighted by Gasteiger charge is 2.10. The molecule has 3 aromatic heterocycles. The molecule has 0 atom stereocenters. The van der Waals surface area contributed by atoms with Crippen molar-refractivity contribution in [3.8, 4) is 11.3 Å². The van der Waals surface area contributed by atoms with Gasteiger partial charge in [-0.15, -0.1) is 0 Å². The zero-order valence-electron chi connectivity index (χ0n) is 13.2. The molecule has 0 saturated heterocycles. The number of nitrogens with zero attached hydrogens (tertiary/aromatic N) is 4. The van der Waals surface area contributed by atoms with E-state index in [0.29, 0.717) is 22.7 Å². The van der Waals surface area contributed by atoms with E-state index >= 15 is 0 Å². The van der Waals surface area contributed by atoms with Gasteiger partial charge in [0.05, 0.1) is 5.69 Å². The van der Waals surface area contributed by atoms with Crippen molar-refractivity contribution in [2.24, 2.45) is 0 Å². The number of pyridine rings is 1. The number of nitrogens with one attached hydrogen (secondary N) is 1. The Balaban J connectivity index is 1.75. The lowest BCUT2D eigenvalue weighted by Crippen LogP contribution is -2.09. The molecule has 0 fully saturated rings. The Labute approximate surface area is 151 Å². The molecule has 0 aliphatic rings. The minimum Gasteiger partial charge on any atom is -0.366 e. The Bertz CT molecular complexity index is 1020. The lowest BCUT2D eigenvalue weighted by atomic mass is 10.0. The lowest BCUT2D eigenvalue weighted by Gasteiger charge is -2.11. The standard InChI is InChI=1S/C18H13BClN5/c19-15-11-23-25-17(22-10-12-2-1-7-21-9-12)8-16(24-18(15)25)13-3-5-14(20)6-4-13/h1-9,11,22H,10H2. The number of halogens is 1. The lowest BCUT2D eigenvalue weighted by molar-refractivity contribution is 0.925. The fourth-order valence-electron chi connectivity index (χ4n) is 2.57. The van der Waals surface area contributed by atoms with Crippen LogP contribution in [0.3, 0.4) is 0 Å². The van der Waals surface area contributed by atoms with Crippen LogP contribution < -0.4 is 10.8 Å². The average Bonchev–Trinajstić information content (AvgIpc) is 3.02. The van der Waals surface area contributed by atoms with Crippen molar-refractivity contribution in [2.75, 3.05) is 5.32 Å². The number of hydrogen-bond donors (Lipinski definition) is 1. The van der Waals surface area contributed by atoms with E-state index in [4.69, 9.17) is 19.4 Å². The van der Waals surface area contributed by atoms with Gasteiger partial charge in [0.25, 0.3) is 0 Å². The van der Waals surface area contributed by atoms with Crippen LogP contribution >= 0.6 is 11.6 Å². The molecule has 4 aromatic rings. The molecule has 25 heavy (non-hydrogen) atoms. The third-order valence-electron chi connectivity index (χ3n) is 3.84. The Morgan fingerprint density at radius 1 is 1.12 bits per heavy atom. The predicted molar refractivity (Wildman–Crippen MR) is 100 cm³/mol. The van der Waals surface area contributed by atoms with Gasteiger partial charge in [-0.05, 0) is 29.2 Å². The van der Waals surface area contributed by atoms with Crippen molar-refractivity contribution in [3.05, 3.63) is 71.6 Å². The normalized spacial score (nSPS) is 10.9. The van der Waals surface area contributed by atoms with Gasteiger partial charge in [0.1, 0.15) is 13.7 Å². The number of rotatable bonds is 4. The van der Waals surface area contributed by atoms with Gasteiger partial charge in [0, 0.05) is 41.8 Å². The van der Waals surface area contributed by atoms with Crippen LogP contribution in [0.5, 0.6) is 0 Å². The largest absolute Gasteiger partial charge is 0.366 e. The predicted octanol–water partition coefficient (Wildman–Crippen LogP) is 2.85. The first-order chi connectivity index (χ1) is 12.2. The van der Waals surface area contributed by atoms with E-state index in [0.717, 1.165) is 22.6 Å². The fourth-order valence-corrected chi connectivity index (χ4v) is 2.70. The van der Waals surface area contributed by atoms with E-state index < -0.39 is 0 Å². The molecule has 4 rings (SSSR count). The van der Waals surface area contributed by atoms with Gasteiger partial charge in [-0.1, -0.05) is 29.8 Å². The maximum absolute atomic E-state index is 6.02. The van der Waals surface area contributed by atoms with Gasteiger partial charge >= 0.3 is 0 Å². The van der Waals surface area contributed by atoms with Crippen LogP contribution in [0.15, 0.2) is 61.1 Å². The van der Waals surface area contributed by atoms with Crippen LogP contribution in [0.25, 0.3) is 16.9 Å². The van der Waals surface area contributed by atoms with Gasteiger partial charge in [0.15, 0.2) is 5.65 Å². The third-order valence-corrected chi connectivity index (χ3v) is 4.09. The first-order valence-electron chi connectivity index (χ1n) is 7.74. The fraction of sp³-hybridized carbons (Fsp3) is 0.0556. The van der Waals surface area contributed by atoms with Crippen LogP contribution in [0.1, 0.15) is 5.56 Å². The summed E-state index contributed by atoms with van der Waals surface area (Å²) >= 11 is 5.98. The number of aromatic nitrogens is 4. The SMILES string of the molecule is [B]c1cnn2c(NCc3cccnc3)cc(-c3ccc(Cl)cc3)nc12. The topological polar surface area (TPSA) is 55.1 Å². The number of benzene rings is 1. The Morgan fingerprint density at radius 3 is 2.72 bits per heavy atom. The molecule has 1 N–H and O–H groups in total. The summed E-state index contributed by atoms with van der Waals surface area (Å²) < 4.78 is 1.70. The third kappa shape index (κ3) is 3.21. The zero-order chi connectivity index (χ0) is 17.2. The van der Waals surface area contributed by atoms with Crippen LogP contribution in [0.2, 0.25) is 5.02 Å². The van der Waals surface area contributed by atoms with Gasteiger partial charge < -0.3 is 5.32 Å². The molecule has 0 saturated carbocycles. The quantitative estimate of drug-likeness (QED) is 0.578. The van der Waals surface area contributed by atoms with E-state index in [2.05, 4.69) is 20.4 Å². The van der Waals surface area contributed by atoms with E-state index in [1.807, 2.05) is 48.7 Å². The van der Waals surface area contributed by atoms with Gasteiger partial charge in [-0.2, -0.15) is 9.61 Å². The summed E-state index contributed by atoms with van der Waals surface area (Å²) in [5, 5.41) is 8.37. The summed E-state index contributed by atoms with van der Waals surface area (Å²) in [6, 6.07) is 13.4. The maximum Gasteiger partial charge on any atom is 0.150 e. The van der Waals surface area contributed by atoms with E-state index in [1.54, 1.807) is 16.9 Å². The van der Waals surface area contributed by atoms with Crippen molar-refractivity contribution >= 4 is 36.4 Å². The molecule has 0 aliphatic heterocycles. The highest BCUT2D eigenvalue weighted by Crippen LogP contribution is 2.23. The zero-order valence-corrected chi connectivity index (χ0v) is 14.0. The number of anilines is 1. The number of fused-ring (bicyclic) bond motifs is 1. The molecular formula is C18H13BClN5. The summed E-state index contributed by atoms with van der Waals surface area (Å²) in [6.07, 6.45) is 5.17. The second kappa shape index (κ2) is 6.57. The van der Waals surface area contributed by atoms with Gasteiger partial charge in [-0.3, -0.25) is 4.98 Å². The van der Waals surface area contributed by atoms with E-state index in [-0.39, 0.29) is 0 Å². The Morgan fingerprint density at radius 2 is 1.96 bits per heavy atom. The molecule has 0 spiro atoms. The molecule has 7 heteroatoms. The van der Waals surface area contributed by atoms with Gasteiger partial charge in [-0.25, -0.2) is 4.98 Å². The first-order valence-corrected chi connectivity index (χ1v) is 8.11. The summed E-state index contributed by atoms with van der Waals surface area (Å²) in [5.74, 6) is 0.801. The summed E-state index contributed by atoms with van der Waals surface area (Å²) in [7, 11) is 6.02. The van der Waals surface area contributed by atoms with Crippen LogP contribution in [-0.4, -0.2) is 27.4 Å². The smallest absolute Gasteiger partial charge is 0.150 e. The molecule has 0 aliphatic carbocycles. The highest BCUT2D eigenvalue weighted by atomic mass is 35.5. The van der Waals surface area contributed by atoms with Crippen molar-refractivity contribution in [1.29, 1.82) is 0 Å². The molecule has 0 bridgehead atoms. The molecule has 2 radical (unpaired) electrons. The summed E-state index contributed by atoms with van der Waals surface area (Å²) in [5.41, 5.74) is 3.96. The van der Waals surface area contributed by atoms with E-state index in [1.165, 1.54) is 0 Å². The highest BCUT2D eigenvalue weighted by molar-refractivity contribution is 6.36. The molecule has 1 aromatic carbocycles.